The second-order valence-corrected chi connectivity index (χ2v) is 6.72. The van der Waals surface area contributed by atoms with Gasteiger partial charge in [-0.3, -0.25) is 4.90 Å². The molecular weight excluding hydrogens is 262 g/mol. The van der Waals surface area contributed by atoms with Crippen molar-refractivity contribution in [3.63, 3.8) is 0 Å². The molecule has 0 unspecified atom stereocenters. The lowest BCUT2D eigenvalue weighted by atomic mass is 9.95. The second kappa shape index (κ2) is 5.85. The topological polar surface area (TPSA) is 41.7 Å². The van der Waals surface area contributed by atoms with Crippen LogP contribution >= 0.6 is 0 Å². The van der Waals surface area contributed by atoms with Gasteiger partial charge in [-0.2, -0.15) is 0 Å². The predicted molar refractivity (Wildman–Crippen MR) is 87.7 cm³/mol. The van der Waals surface area contributed by atoms with Crippen LogP contribution in [0.2, 0.25) is 0 Å². The van der Waals surface area contributed by atoms with E-state index in [0.717, 1.165) is 37.9 Å². The van der Waals surface area contributed by atoms with Gasteiger partial charge in [-0.25, -0.2) is 0 Å². The van der Waals surface area contributed by atoms with Crippen LogP contribution in [0.5, 0.6) is 0 Å². The van der Waals surface area contributed by atoms with Gasteiger partial charge in [0.15, 0.2) is 0 Å². The number of benzene rings is 1. The average Bonchev–Trinajstić information content (AvgIpc) is 2.38. The van der Waals surface area contributed by atoms with Crippen molar-refractivity contribution in [2.75, 3.05) is 43.5 Å². The van der Waals surface area contributed by atoms with Gasteiger partial charge in [-0.1, -0.05) is 12.1 Å². The molecule has 3 rings (SSSR count). The van der Waals surface area contributed by atoms with E-state index in [1.807, 2.05) is 12.1 Å². The molecule has 0 amide bonds. The molecule has 2 N–H and O–H groups in total. The van der Waals surface area contributed by atoms with E-state index in [0.29, 0.717) is 12.1 Å². The quantitative estimate of drug-likeness (QED) is 0.866. The number of ether oxygens (including phenoxy) is 1. The van der Waals surface area contributed by atoms with Crippen LogP contribution in [0, 0.1) is 12.8 Å². The normalized spacial score (nSPS) is 27.7. The summed E-state index contributed by atoms with van der Waals surface area (Å²) in [5.41, 5.74) is 9.55. The molecule has 0 saturated carbocycles. The first-order valence-corrected chi connectivity index (χ1v) is 7.99. The molecule has 0 radical (unpaired) electrons. The highest BCUT2D eigenvalue weighted by atomic mass is 16.5. The fourth-order valence-corrected chi connectivity index (χ4v) is 3.67. The van der Waals surface area contributed by atoms with Crippen molar-refractivity contribution in [1.29, 1.82) is 0 Å². The first-order valence-electron chi connectivity index (χ1n) is 7.99. The van der Waals surface area contributed by atoms with E-state index in [4.69, 9.17) is 10.5 Å². The summed E-state index contributed by atoms with van der Waals surface area (Å²) in [6.07, 6.45) is 0. The zero-order chi connectivity index (χ0) is 15.0. The Morgan fingerprint density at radius 2 is 1.86 bits per heavy atom. The van der Waals surface area contributed by atoms with Crippen LogP contribution in [0.4, 0.5) is 11.4 Å². The number of hydrogen-bond donors (Lipinski definition) is 1. The summed E-state index contributed by atoms with van der Waals surface area (Å²) in [7, 11) is 0. The number of hydrogen-bond acceptors (Lipinski definition) is 4. The molecule has 0 bridgehead atoms. The number of para-hydroxylation sites is 1. The third-order valence-electron chi connectivity index (χ3n) is 4.86. The molecule has 4 heteroatoms. The number of morpholine rings is 1. The molecule has 2 aliphatic heterocycles. The Morgan fingerprint density at radius 1 is 1.19 bits per heavy atom. The molecule has 2 atom stereocenters. The van der Waals surface area contributed by atoms with Gasteiger partial charge in [0, 0.05) is 37.6 Å². The van der Waals surface area contributed by atoms with Crippen LogP contribution in [-0.2, 0) is 4.74 Å². The molecule has 1 aromatic rings. The largest absolute Gasteiger partial charge is 0.397 e. The Hall–Kier alpha value is -1.26. The zero-order valence-corrected chi connectivity index (χ0v) is 13.4. The van der Waals surface area contributed by atoms with Gasteiger partial charge in [0.05, 0.1) is 24.6 Å². The van der Waals surface area contributed by atoms with Crippen molar-refractivity contribution < 1.29 is 4.74 Å². The van der Waals surface area contributed by atoms with Gasteiger partial charge >= 0.3 is 0 Å². The highest BCUT2D eigenvalue weighted by molar-refractivity contribution is 5.72. The Balaban J connectivity index is 1.58. The fraction of sp³-hybridized carbons (Fsp3) is 0.647. The van der Waals surface area contributed by atoms with E-state index in [-0.39, 0.29) is 0 Å². The third-order valence-corrected chi connectivity index (χ3v) is 4.86. The van der Waals surface area contributed by atoms with Crippen molar-refractivity contribution in [2.45, 2.75) is 32.9 Å². The van der Waals surface area contributed by atoms with Crippen molar-refractivity contribution in [1.82, 2.24) is 4.90 Å². The number of rotatable bonds is 3. The molecule has 2 heterocycles. The number of anilines is 2. The maximum Gasteiger partial charge on any atom is 0.0629 e. The Bertz CT molecular complexity index is 469. The first kappa shape index (κ1) is 14.7. The minimum Gasteiger partial charge on any atom is -0.397 e. The Morgan fingerprint density at radius 3 is 2.48 bits per heavy atom. The minimum atomic E-state index is 0.534. The summed E-state index contributed by atoms with van der Waals surface area (Å²) in [6.45, 7) is 11.8. The monoisotopic (exact) mass is 289 g/mol. The molecule has 21 heavy (non-hydrogen) atoms. The van der Waals surface area contributed by atoms with Crippen molar-refractivity contribution >= 4 is 11.4 Å². The molecule has 0 aromatic heterocycles. The van der Waals surface area contributed by atoms with Gasteiger partial charge in [0.2, 0.25) is 0 Å². The lowest BCUT2D eigenvalue weighted by Gasteiger charge is -2.47. The van der Waals surface area contributed by atoms with E-state index in [1.165, 1.54) is 17.8 Å². The summed E-state index contributed by atoms with van der Waals surface area (Å²) in [5, 5.41) is 0. The van der Waals surface area contributed by atoms with Crippen LogP contribution in [-0.4, -0.2) is 49.8 Å². The van der Waals surface area contributed by atoms with Crippen molar-refractivity contribution in [3.8, 4) is 0 Å². The lowest BCUT2D eigenvalue weighted by molar-refractivity contribution is -0.0446. The minimum absolute atomic E-state index is 0.534. The zero-order valence-electron chi connectivity index (χ0n) is 13.4. The average molecular weight is 289 g/mol. The van der Waals surface area contributed by atoms with Crippen molar-refractivity contribution in [2.24, 2.45) is 5.92 Å². The first-order chi connectivity index (χ1) is 10.1. The van der Waals surface area contributed by atoms with E-state index in [1.54, 1.807) is 0 Å². The molecule has 4 nitrogen and oxygen atoms in total. The van der Waals surface area contributed by atoms with Gasteiger partial charge in [0.25, 0.3) is 0 Å². The maximum atomic E-state index is 6.14. The summed E-state index contributed by atoms with van der Waals surface area (Å²) in [6, 6.07) is 7.24. The maximum absolute atomic E-state index is 6.14. The van der Waals surface area contributed by atoms with E-state index in [2.05, 4.69) is 36.6 Å². The molecular formula is C17H27N3O. The summed E-state index contributed by atoms with van der Waals surface area (Å²) in [4.78, 5) is 5.03. The number of nitrogens with zero attached hydrogens (tertiary/aromatic N) is 2. The molecule has 2 fully saturated rings. The van der Waals surface area contributed by atoms with E-state index in [9.17, 15) is 0 Å². The Labute approximate surface area is 127 Å². The van der Waals surface area contributed by atoms with Gasteiger partial charge in [-0.05, 0) is 32.4 Å². The van der Waals surface area contributed by atoms with Crippen LogP contribution in [0.25, 0.3) is 0 Å². The molecule has 0 aliphatic carbocycles. The fourth-order valence-electron chi connectivity index (χ4n) is 3.67. The van der Waals surface area contributed by atoms with Gasteiger partial charge in [-0.15, -0.1) is 0 Å². The standard InChI is InChI=1S/C17H27N3O/c1-12-5-4-6-16(18)17(12)19-7-15(8-19)9-20-13(2)10-21-11-14(20)3/h4-6,13-15H,7-11,18H2,1-3H3/t13-,14-/m0/s1. The van der Waals surface area contributed by atoms with E-state index < -0.39 is 0 Å². The molecule has 1 aromatic carbocycles. The molecule has 2 aliphatic rings. The van der Waals surface area contributed by atoms with Crippen LogP contribution in [0.3, 0.4) is 0 Å². The second-order valence-electron chi connectivity index (χ2n) is 6.72. The number of nitrogen functional groups attached to an aromatic ring is 1. The number of aryl methyl sites for hydroxylation is 1. The molecule has 116 valence electrons. The van der Waals surface area contributed by atoms with Crippen LogP contribution in [0.1, 0.15) is 19.4 Å². The Kier molecular flexibility index (Phi) is 4.09. The van der Waals surface area contributed by atoms with E-state index >= 15 is 0 Å². The molecule has 2 saturated heterocycles. The highest BCUT2D eigenvalue weighted by Crippen LogP contribution is 2.33. The third kappa shape index (κ3) is 2.87. The SMILES string of the molecule is Cc1cccc(N)c1N1CC(CN2[C@@H](C)COC[C@@H]2C)C1. The summed E-state index contributed by atoms with van der Waals surface area (Å²) < 4.78 is 5.61. The summed E-state index contributed by atoms with van der Waals surface area (Å²) in [5.74, 6) is 0.743. The smallest absolute Gasteiger partial charge is 0.0629 e. The van der Waals surface area contributed by atoms with Gasteiger partial charge < -0.3 is 15.4 Å². The molecule has 0 spiro atoms. The summed E-state index contributed by atoms with van der Waals surface area (Å²) >= 11 is 0. The van der Waals surface area contributed by atoms with Crippen LogP contribution < -0.4 is 10.6 Å². The van der Waals surface area contributed by atoms with Gasteiger partial charge in [0.1, 0.15) is 0 Å². The van der Waals surface area contributed by atoms with Crippen LogP contribution in [0.15, 0.2) is 18.2 Å². The lowest BCUT2D eigenvalue weighted by Crippen LogP contribution is -2.57. The predicted octanol–water partition coefficient (Wildman–Crippen LogP) is 2.12. The number of nitrogens with two attached hydrogens (primary N) is 1. The highest BCUT2D eigenvalue weighted by Gasteiger charge is 2.34. The van der Waals surface area contributed by atoms with Crippen molar-refractivity contribution in [3.05, 3.63) is 23.8 Å².